The summed E-state index contributed by atoms with van der Waals surface area (Å²) in [4.78, 5) is 4.45. The molecule has 0 amide bonds. The third-order valence-electron chi connectivity index (χ3n) is 4.23. The largest absolute Gasteiger partial charge is 0.454 e. The number of ether oxygens (including phenoxy) is 2. The van der Waals surface area contributed by atoms with Crippen molar-refractivity contribution in [3.8, 4) is 40.2 Å². The van der Waals surface area contributed by atoms with Crippen LogP contribution in [0.5, 0.6) is 11.5 Å². The summed E-state index contributed by atoms with van der Waals surface area (Å²) >= 11 is 5.94. The number of benzene rings is 2. The number of aromatic nitrogens is 5. The van der Waals surface area contributed by atoms with Crippen LogP contribution in [0.1, 0.15) is 5.69 Å². The third-order valence-corrected chi connectivity index (χ3v) is 4.48. The molecular formula is C18H12ClN5O3. The molecular weight excluding hydrogens is 370 g/mol. The first-order chi connectivity index (χ1) is 13.2. The molecule has 0 atom stereocenters. The number of fused-ring (bicyclic) bond motifs is 1. The van der Waals surface area contributed by atoms with Crippen LogP contribution in [0.25, 0.3) is 28.7 Å². The monoisotopic (exact) mass is 381 g/mol. The van der Waals surface area contributed by atoms with E-state index in [1.165, 1.54) is 0 Å². The van der Waals surface area contributed by atoms with Gasteiger partial charge in [-0.1, -0.05) is 22.0 Å². The quantitative estimate of drug-likeness (QED) is 0.534. The van der Waals surface area contributed by atoms with Crippen LogP contribution in [0.3, 0.4) is 0 Å². The molecule has 0 saturated carbocycles. The van der Waals surface area contributed by atoms with Crippen molar-refractivity contribution >= 4 is 11.6 Å². The molecule has 0 fully saturated rings. The van der Waals surface area contributed by atoms with Gasteiger partial charge in [0.15, 0.2) is 17.2 Å². The zero-order valence-corrected chi connectivity index (χ0v) is 14.8. The molecule has 1 aliphatic rings. The smallest absolute Gasteiger partial charge is 0.280 e. The van der Waals surface area contributed by atoms with Crippen molar-refractivity contribution in [2.45, 2.75) is 6.92 Å². The zero-order valence-electron chi connectivity index (χ0n) is 14.1. The molecule has 0 N–H and O–H groups in total. The Balaban J connectivity index is 1.49. The normalized spacial score (nSPS) is 12.5. The lowest BCUT2D eigenvalue weighted by Crippen LogP contribution is -1.98. The van der Waals surface area contributed by atoms with Gasteiger partial charge in [-0.05, 0) is 49.4 Å². The first-order valence-corrected chi connectivity index (χ1v) is 8.49. The molecule has 1 aliphatic heterocycles. The summed E-state index contributed by atoms with van der Waals surface area (Å²) in [6, 6.07) is 12.8. The average molecular weight is 382 g/mol. The minimum atomic E-state index is 0.212. The molecule has 9 heteroatoms. The average Bonchev–Trinajstić information content (AvgIpc) is 3.41. The van der Waals surface area contributed by atoms with Gasteiger partial charge in [-0.25, -0.2) is 4.68 Å². The van der Waals surface area contributed by atoms with Gasteiger partial charge in [0.2, 0.25) is 12.6 Å². The third kappa shape index (κ3) is 2.70. The van der Waals surface area contributed by atoms with Gasteiger partial charge in [-0.15, -0.1) is 5.10 Å². The van der Waals surface area contributed by atoms with Gasteiger partial charge < -0.3 is 14.0 Å². The van der Waals surface area contributed by atoms with Gasteiger partial charge in [0, 0.05) is 10.6 Å². The molecule has 2 aromatic heterocycles. The van der Waals surface area contributed by atoms with Crippen molar-refractivity contribution in [3.63, 3.8) is 0 Å². The van der Waals surface area contributed by atoms with Crippen LogP contribution in [0.2, 0.25) is 5.02 Å². The number of halogens is 1. The molecule has 134 valence electrons. The maximum atomic E-state index is 5.94. The molecule has 0 spiro atoms. The highest BCUT2D eigenvalue weighted by atomic mass is 35.5. The fraction of sp³-hybridized carbons (Fsp3) is 0.111. The van der Waals surface area contributed by atoms with Crippen molar-refractivity contribution in [3.05, 3.63) is 53.2 Å². The molecule has 0 unspecified atom stereocenters. The van der Waals surface area contributed by atoms with Gasteiger partial charge in [-0.3, -0.25) is 0 Å². The Morgan fingerprint density at radius 3 is 2.70 bits per heavy atom. The van der Waals surface area contributed by atoms with E-state index in [9.17, 15) is 0 Å². The molecule has 5 rings (SSSR count). The molecule has 0 radical (unpaired) electrons. The minimum absolute atomic E-state index is 0.212. The number of rotatable bonds is 3. The fourth-order valence-electron chi connectivity index (χ4n) is 2.83. The predicted molar refractivity (Wildman–Crippen MR) is 96.0 cm³/mol. The van der Waals surface area contributed by atoms with E-state index in [-0.39, 0.29) is 6.79 Å². The Morgan fingerprint density at radius 2 is 1.85 bits per heavy atom. The highest BCUT2D eigenvalue weighted by Gasteiger charge is 2.20. The Morgan fingerprint density at radius 1 is 1.04 bits per heavy atom. The summed E-state index contributed by atoms with van der Waals surface area (Å²) < 4.78 is 17.8. The highest BCUT2D eigenvalue weighted by molar-refractivity contribution is 6.30. The highest BCUT2D eigenvalue weighted by Crippen LogP contribution is 2.35. The van der Waals surface area contributed by atoms with Gasteiger partial charge in [0.1, 0.15) is 0 Å². The van der Waals surface area contributed by atoms with Crippen LogP contribution in [-0.2, 0) is 0 Å². The van der Waals surface area contributed by atoms with Crippen molar-refractivity contribution in [1.82, 2.24) is 25.1 Å². The molecule has 0 bridgehead atoms. The van der Waals surface area contributed by atoms with E-state index in [4.69, 9.17) is 25.6 Å². The fourth-order valence-corrected chi connectivity index (χ4v) is 2.95. The zero-order chi connectivity index (χ0) is 18.4. The second kappa shape index (κ2) is 6.10. The van der Waals surface area contributed by atoms with Gasteiger partial charge in [0.05, 0.1) is 11.4 Å². The molecule has 8 nitrogen and oxygen atoms in total. The molecule has 27 heavy (non-hydrogen) atoms. The van der Waals surface area contributed by atoms with E-state index >= 15 is 0 Å². The van der Waals surface area contributed by atoms with E-state index < -0.39 is 0 Å². The second-order valence-corrected chi connectivity index (χ2v) is 6.34. The SMILES string of the molecule is Cc1c(-c2nc(-c3ccc4c(c3)OCO4)no2)nnn1-c1ccc(Cl)cc1. The van der Waals surface area contributed by atoms with E-state index in [1.54, 1.807) is 16.8 Å². The topological polar surface area (TPSA) is 88.1 Å². The maximum Gasteiger partial charge on any atom is 0.280 e. The summed E-state index contributed by atoms with van der Waals surface area (Å²) in [6.45, 7) is 2.09. The van der Waals surface area contributed by atoms with Crippen molar-refractivity contribution < 1.29 is 14.0 Å². The van der Waals surface area contributed by atoms with E-state index in [0.29, 0.717) is 33.9 Å². The maximum absolute atomic E-state index is 5.94. The first kappa shape index (κ1) is 15.8. The van der Waals surface area contributed by atoms with E-state index in [1.807, 2.05) is 37.3 Å². The molecule has 0 aliphatic carbocycles. The Bertz CT molecular complexity index is 1140. The number of hydrogen-bond donors (Lipinski definition) is 0. The van der Waals surface area contributed by atoms with Crippen LogP contribution in [-0.4, -0.2) is 31.9 Å². The van der Waals surface area contributed by atoms with Crippen molar-refractivity contribution in [2.75, 3.05) is 6.79 Å². The molecule has 3 heterocycles. The van der Waals surface area contributed by atoms with Gasteiger partial charge in [-0.2, -0.15) is 4.98 Å². The van der Waals surface area contributed by atoms with E-state index in [0.717, 1.165) is 16.9 Å². The number of nitrogens with zero attached hydrogens (tertiary/aromatic N) is 5. The first-order valence-electron chi connectivity index (χ1n) is 8.11. The lowest BCUT2D eigenvalue weighted by molar-refractivity contribution is 0.174. The molecule has 0 saturated heterocycles. The predicted octanol–water partition coefficient (Wildman–Crippen LogP) is 3.67. The van der Waals surface area contributed by atoms with Crippen LogP contribution in [0, 0.1) is 6.92 Å². The van der Waals surface area contributed by atoms with Crippen molar-refractivity contribution in [2.24, 2.45) is 0 Å². The molecule has 2 aromatic carbocycles. The summed E-state index contributed by atoms with van der Waals surface area (Å²) in [5, 5.41) is 13.1. The lowest BCUT2D eigenvalue weighted by Gasteiger charge is -2.02. The van der Waals surface area contributed by atoms with Crippen LogP contribution >= 0.6 is 11.6 Å². The summed E-state index contributed by atoms with van der Waals surface area (Å²) in [7, 11) is 0. The van der Waals surface area contributed by atoms with Crippen LogP contribution < -0.4 is 9.47 Å². The van der Waals surface area contributed by atoms with Crippen molar-refractivity contribution in [1.29, 1.82) is 0 Å². The summed E-state index contributed by atoms with van der Waals surface area (Å²) in [5.74, 6) is 2.08. The standard InChI is InChI=1S/C18H12ClN5O3/c1-10-16(21-23-24(10)13-5-3-12(19)4-6-13)18-20-17(22-27-18)11-2-7-14-15(8-11)26-9-25-14/h2-8H,9H2,1H3. The van der Waals surface area contributed by atoms with Crippen LogP contribution in [0.4, 0.5) is 0 Å². The Hall–Kier alpha value is -3.39. The second-order valence-electron chi connectivity index (χ2n) is 5.90. The minimum Gasteiger partial charge on any atom is -0.454 e. The summed E-state index contributed by atoms with van der Waals surface area (Å²) in [6.07, 6.45) is 0. The van der Waals surface area contributed by atoms with Gasteiger partial charge in [0.25, 0.3) is 5.89 Å². The lowest BCUT2D eigenvalue weighted by atomic mass is 10.2. The number of hydrogen-bond acceptors (Lipinski definition) is 7. The Kier molecular flexibility index (Phi) is 3.58. The van der Waals surface area contributed by atoms with E-state index in [2.05, 4.69) is 20.5 Å². The van der Waals surface area contributed by atoms with Gasteiger partial charge >= 0.3 is 0 Å². The van der Waals surface area contributed by atoms with Crippen LogP contribution in [0.15, 0.2) is 47.0 Å². The Labute approximate surface area is 158 Å². The molecule has 4 aromatic rings. The summed E-state index contributed by atoms with van der Waals surface area (Å²) in [5.41, 5.74) is 2.89.